The number of hydrogen-bond acceptors (Lipinski definition) is 6. The van der Waals surface area contributed by atoms with Gasteiger partial charge in [-0.15, -0.1) is 0 Å². The molecule has 1 N–H and O–H groups in total. The van der Waals surface area contributed by atoms with Gasteiger partial charge >= 0.3 is 5.63 Å². The Labute approximate surface area is 153 Å². The smallest absolute Gasteiger partial charge is 0.336 e. The molecule has 2 heterocycles. The Hall–Kier alpha value is -1.74. The lowest BCUT2D eigenvalue weighted by molar-refractivity contribution is 0.152. The third-order valence-electron chi connectivity index (χ3n) is 4.69. The summed E-state index contributed by atoms with van der Waals surface area (Å²) in [7, 11) is -1.43. The fourth-order valence-corrected chi connectivity index (χ4v) is 4.15. The summed E-state index contributed by atoms with van der Waals surface area (Å²) in [5, 5.41) is 0.586. The Kier molecular flexibility index (Phi) is 6.08. The van der Waals surface area contributed by atoms with Gasteiger partial charge in [-0.2, -0.15) is 0 Å². The van der Waals surface area contributed by atoms with Crippen LogP contribution in [0, 0.1) is 0 Å². The lowest BCUT2D eigenvalue weighted by atomic mass is 10.2. The molecule has 0 bridgehead atoms. The monoisotopic (exact) mass is 379 g/mol. The Bertz CT molecular complexity index is 902. The first kappa shape index (κ1) is 19.0. The highest BCUT2D eigenvalue weighted by Gasteiger charge is 2.15. The van der Waals surface area contributed by atoms with Gasteiger partial charge < -0.3 is 14.2 Å². The van der Waals surface area contributed by atoms with E-state index in [-0.39, 0.29) is 4.90 Å². The molecule has 1 aliphatic heterocycles. The Morgan fingerprint density at radius 2 is 1.85 bits per heavy atom. The summed E-state index contributed by atoms with van der Waals surface area (Å²) < 4.78 is 32.5. The van der Waals surface area contributed by atoms with E-state index in [9.17, 15) is 13.2 Å². The average molecular weight is 379 g/mol. The predicted molar refractivity (Wildman–Crippen MR) is 101 cm³/mol. The number of fused-ring (bicyclic) bond motifs is 1. The van der Waals surface area contributed by atoms with Crippen LogP contribution in [0.4, 0.5) is 0 Å². The van der Waals surface area contributed by atoms with Crippen molar-refractivity contribution in [2.75, 3.05) is 46.3 Å². The first-order chi connectivity index (χ1) is 12.4. The van der Waals surface area contributed by atoms with E-state index >= 15 is 0 Å². The van der Waals surface area contributed by atoms with Crippen molar-refractivity contribution in [2.24, 2.45) is 0 Å². The molecule has 1 saturated heterocycles. The van der Waals surface area contributed by atoms with Crippen molar-refractivity contribution >= 4 is 21.0 Å². The molecule has 0 atom stereocenters. The minimum atomic E-state index is -3.56. The number of likely N-dealkylation sites (N-methyl/N-ethyl adjacent to an activating group) is 1. The molecule has 0 unspecified atom stereocenters. The Balaban J connectivity index is 1.49. The van der Waals surface area contributed by atoms with Crippen LogP contribution < -0.4 is 10.3 Å². The quantitative estimate of drug-likeness (QED) is 0.573. The van der Waals surface area contributed by atoms with Crippen molar-refractivity contribution in [2.45, 2.75) is 17.7 Å². The molecule has 0 aliphatic carbocycles. The second-order valence-corrected chi connectivity index (χ2v) is 8.47. The normalized spacial score (nSPS) is 17.0. The molecule has 1 aliphatic rings. The summed E-state index contributed by atoms with van der Waals surface area (Å²) >= 11 is 0. The zero-order valence-corrected chi connectivity index (χ0v) is 15.8. The highest BCUT2D eigenvalue weighted by molar-refractivity contribution is 7.89. The van der Waals surface area contributed by atoms with E-state index in [0.29, 0.717) is 17.5 Å². The standard InChI is InChI=1S/C18H25N3O4S/c1-20-10-12-21(13-11-20)9-3-2-8-19-26(23,24)16-5-6-17-15(14-16)4-7-18(22)25-17/h4-7,14,19H,2-3,8-13H2,1H3. The molecule has 1 aromatic heterocycles. The fraction of sp³-hybridized carbons (Fsp3) is 0.500. The molecule has 142 valence electrons. The van der Waals surface area contributed by atoms with E-state index in [1.54, 1.807) is 6.07 Å². The largest absolute Gasteiger partial charge is 0.423 e. The van der Waals surface area contributed by atoms with Crippen LogP contribution in [0.3, 0.4) is 0 Å². The van der Waals surface area contributed by atoms with Gasteiger partial charge in [0.15, 0.2) is 0 Å². The van der Waals surface area contributed by atoms with Crippen LogP contribution in [0.5, 0.6) is 0 Å². The number of sulfonamides is 1. The molecular weight excluding hydrogens is 354 g/mol. The maximum atomic E-state index is 12.4. The molecule has 8 heteroatoms. The number of hydrogen-bond donors (Lipinski definition) is 1. The molecule has 0 radical (unpaired) electrons. The van der Waals surface area contributed by atoms with E-state index in [1.165, 1.54) is 24.3 Å². The molecule has 0 spiro atoms. The van der Waals surface area contributed by atoms with Crippen LogP contribution in [-0.2, 0) is 10.0 Å². The zero-order chi connectivity index (χ0) is 18.6. The van der Waals surface area contributed by atoms with Gasteiger partial charge in [0, 0.05) is 44.2 Å². The van der Waals surface area contributed by atoms with E-state index in [1.807, 2.05) is 0 Å². The second kappa shape index (κ2) is 8.30. The zero-order valence-electron chi connectivity index (χ0n) is 15.0. The van der Waals surface area contributed by atoms with Crippen molar-refractivity contribution in [1.29, 1.82) is 0 Å². The molecule has 7 nitrogen and oxygen atoms in total. The number of nitrogens with one attached hydrogen (secondary N) is 1. The SMILES string of the molecule is CN1CCN(CCCCNS(=O)(=O)c2ccc3oc(=O)ccc3c2)CC1. The summed E-state index contributed by atoms with van der Waals surface area (Å²) in [4.78, 5) is 16.1. The van der Waals surface area contributed by atoms with E-state index in [4.69, 9.17) is 4.42 Å². The van der Waals surface area contributed by atoms with Gasteiger partial charge in [0.25, 0.3) is 0 Å². The summed E-state index contributed by atoms with van der Waals surface area (Å²) in [6.45, 7) is 5.76. The number of nitrogens with zero attached hydrogens (tertiary/aromatic N) is 2. The molecule has 0 saturated carbocycles. The van der Waals surface area contributed by atoms with Crippen LogP contribution >= 0.6 is 0 Å². The molecular formula is C18H25N3O4S. The van der Waals surface area contributed by atoms with Crippen LogP contribution in [0.25, 0.3) is 11.0 Å². The first-order valence-electron chi connectivity index (χ1n) is 8.88. The lowest BCUT2D eigenvalue weighted by Crippen LogP contribution is -2.44. The lowest BCUT2D eigenvalue weighted by Gasteiger charge is -2.32. The minimum absolute atomic E-state index is 0.179. The highest BCUT2D eigenvalue weighted by atomic mass is 32.2. The van der Waals surface area contributed by atoms with E-state index in [0.717, 1.165) is 45.6 Å². The fourth-order valence-electron chi connectivity index (χ4n) is 3.04. The van der Waals surface area contributed by atoms with Gasteiger partial charge in [-0.05, 0) is 50.7 Å². The van der Waals surface area contributed by atoms with Gasteiger partial charge in [-0.3, -0.25) is 0 Å². The van der Waals surface area contributed by atoms with Crippen molar-refractivity contribution in [3.05, 3.63) is 40.8 Å². The van der Waals surface area contributed by atoms with Crippen LogP contribution in [0.1, 0.15) is 12.8 Å². The number of rotatable bonds is 7. The van der Waals surface area contributed by atoms with Gasteiger partial charge in [-0.25, -0.2) is 17.9 Å². The average Bonchev–Trinajstić information content (AvgIpc) is 2.62. The summed E-state index contributed by atoms with van der Waals surface area (Å²) in [6.07, 6.45) is 1.77. The topological polar surface area (TPSA) is 82.9 Å². The summed E-state index contributed by atoms with van der Waals surface area (Å²) in [6, 6.07) is 7.34. The van der Waals surface area contributed by atoms with Crippen LogP contribution in [0.2, 0.25) is 0 Å². The molecule has 3 rings (SSSR count). The van der Waals surface area contributed by atoms with Crippen LogP contribution in [-0.4, -0.2) is 64.5 Å². The molecule has 1 fully saturated rings. The highest BCUT2D eigenvalue weighted by Crippen LogP contribution is 2.17. The number of benzene rings is 1. The molecule has 26 heavy (non-hydrogen) atoms. The van der Waals surface area contributed by atoms with Crippen molar-refractivity contribution in [3.8, 4) is 0 Å². The van der Waals surface area contributed by atoms with Gasteiger partial charge in [0.05, 0.1) is 4.90 Å². The molecule has 2 aromatic rings. The van der Waals surface area contributed by atoms with Crippen molar-refractivity contribution in [3.63, 3.8) is 0 Å². The minimum Gasteiger partial charge on any atom is -0.423 e. The maximum absolute atomic E-state index is 12.4. The van der Waals surface area contributed by atoms with E-state index < -0.39 is 15.6 Å². The summed E-state index contributed by atoms with van der Waals surface area (Å²) in [5.74, 6) is 0. The number of piperazine rings is 1. The maximum Gasteiger partial charge on any atom is 0.336 e. The van der Waals surface area contributed by atoms with Crippen molar-refractivity contribution < 1.29 is 12.8 Å². The van der Waals surface area contributed by atoms with Gasteiger partial charge in [0.2, 0.25) is 10.0 Å². The van der Waals surface area contributed by atoms with E-state index in [2.05, 4.69) is 21.6 Å². The third-order valence-corrected chi connectivity index (χ3v) is 6.15. The number of unbranched alkanes of at least 4 members (excludes halogenated alkanes) is 1. The molecule has 0 amide bonds. The first-order valence-corrected chi connectivity index (χ1v) is 10.4. The van der Waals surface area contributed by atoms with Crippen LogP contribution in [0.15, 0.2) is 44.4 Å². The second-order valence-electron chi connectivity index (χ2n) is 6.70. The third kappa shape index (κ3) is 4.91. The van der Waals surface area contributed by atoms with Gasteiger partial charge in [0.1, 0.15) is 5.58 Å². The Morgan fingerprint density at radius 3 is 2.62 bits per heavy atom. The van der Waals surface area contributed by atoms with Gasteiger partial charge in [-0.1, -0.05) is 0 Å². The van der Waals surface area contributed by atoms with Crippen molar-refractivity contribution in [1.82, 2.24) is 14.5 Å². The molecule has 1 aromatic carbocycles. The predicted octanol–water partition coefficient (Wildman–Crippen LogP) is 1.10. The summed E-state index contributed by atoms with van der Waals surface area (Å²) in [5.41, 5.74) is -0.0739. The Morgan fingerprint density at radius 1 is 1.08 bits per heavy atom.